The molecule has 0 saturated carbocycles. The van der Waals surface area contributed by atoms with Gasteiger partial charge in [-0.05, 0) is 0 Å². The average Bonchev–Trinajstić information content (AvgIpc) is 2.74. The van der Waals surface area contributed by atoms with Crippen LogP contribution in [0.3, 0.4) is 0 Å². The Kier molecular flexibility index (Phi) is 6.14. The van der Waals surface area contributed by atoms with Gasteiger partial charge in [-0.2, -0.15) is 0 Å². The molecule has 2 rings (SSSR count). The third-order valence-corrected chi connectivity index (χ3v) is 16.9. The maximum absolute atomic E-state index is 2.68. The average molecular weight is 391 g/mol. The van der Waals surface area contributed by atoms with Gasteiger partial charge in [-0.25, -0.2) is 0 Å². The molecule has 138 valence electrons. The van der Waals surface area contributed by atoms with E-state index in [1.807, 2.05) is 3.88 Å². The molecule has 2 atom stereocenters. The fourth-order valence-electron chi connectivity index (χ4n) is 5.43. The molecule has 0 bridgehead atoms. The molecule has 25 heavy (non-hydrogen) atoms. The van der Waals surface area contributed by atoms with Crippen LogP contribution in [0.1, 0.15) is 47.5 Å². The molecular formula is C23H38SiTi. The van der Waals surface area contributed by atoms with Crippen LogP contribution in [0, 0.1) is 0 Å². The third-order valence-electron chi connectivity index (χ3n) is 7.04. The Bertz CT molecular complexity index is 693. The molecule has 0 nitrogen and oxygen atoms in total. The van der Waals surface area contributed by atoms with Gasteiger partial charge in [0.1, 0.15) is 0 Å². The van der Waals surface area contributed by atoms with Gasteiger partial charge in [0.25, 0.3) is 0 Å². The van der Waals surface area contributed by atoms with Gasteiger partial charge in [0.05, 0.1) is 0 Å². The molecule has 0 saturated heterocycles. The molecule has 0 amide bonds. The predicted octanol–water partition coefficient (Wildman–Crippen LogP) is 7.45. The molecule has 0 aliphatic heterocycles. The Balaban J connectivity index is 2.78. The van der Waals surface area contributed by atoms with E-state index in [2.05, 4.69) is 87.2 Å². The van der Waals surface area contributed by atoms with Crippen molar-refractivity contribution in [2.75, 3.05) is 0 Å². The van der Waals surface area contributed by atoms with Crippen LogP contribution >= 0.6 is 0 Å². The Morgan fingerprint density at radius 3 is 2.00 bits per heavy atom. The first-order valence-electron chi connectivity index (χ1n) is 9.97. The second kappa shape index (κ2) is 7.33. The Morgan fingerprint density at radius 1 is 0.960 bits per heavy atom. The molecule has 2 heteroatoms. The molecule has 0 N–H and O–H groups in total. The molecule has 1 aromatic carbocycles. The normalized spacial score (nSPS) is 24.0. The van der Waals surface area contributed by atoms with E-state index in [-0.39, 0.29) is 5.04 Å². The van der Waals surface area contributed by atoms with E-state index in [4.69, 9.17) is 0 Å². The Labute approximate surface area is 161 Å². The summed E-state index contributed by atoms with van der Waals surface area (Å²) in [4.78, 5) is 0. The first-order valence-corrected chi connectivity index (χ1v) is 18.1. The molecule has 0 heterocycles. The molecule has 0 radical (unpaired) electrons. The summed E-state index contributed by atoms with van der Waals surface area (Å²) in [7, 11) is -1.73. The summed E-state index contributed by atoms with van der Waals surface area (Å²) >= 11 is -1.98. The molecule has 1 aliphatic carbocycles. The van der Waals surface area contributed by atoms with Crippen molar-refractivity contribution in [2.24, 2.45) is 0 Å². The molecule has 1 aromatic rings. The van der Waals surface area contributed by atoms with E-state index in [1.165, 1.54) is 18.9 Å². The summed E-state index contributed by atoms with van der Waals surface area (Å²) in [6, 6.07) is 12.9. The van der Waals surface area contributed by atoms with Crippen LogP contribution in [-0.4, -0.2) is 8.07 Å². The van der Waals surface area contributed by atoms with E-state index < -0.39 is 24.7 Å². The van der Waals surface area contributed by atoms with Crippen LogP contribution in [0.15, 0.2) is 50.9 Å². The monoisotopic (exact) mass is 390 g/mol. The van der Waals surface area contributed by atoms with Crippen LogP contribution < -0.4 is 5.19 Å². The van der Waals surface area contributed by atoms with Crippen LogP contribution in [0.4, 0.5) is 0 Å². The van der Waals surface area contributed by atoms with Crippen molar-refractivity contribution in [2.45, 2.75) is 80.8 Å². The zero-order valence-electron chi connectivity index (χ0n) is 18.0. The van der Waals surface area contributed by atoms with Gasteiger partial charge in [0.2, 0.25) is 0 Å². The second-order valence-electron chi connectivity index (χ2n) is 9.43. The standard InChI is InChI=1S/C20H29Si.3CH3.Ti/c1-7-8-14-21(6,19-12-10-9-11-13-19)20(5)15-16(2)17(3)18(20)4;;;;/h9-13H,7-8,14H2,1-6H3;3*1H3;. The van der Waals surface area contributed by atoms with Gasteiger partial charge in [-0.3, -0.25) is 0 Å². The van der Waals surface area contributed by atoms with Gasteiger partial charge in [0.15, 0.2) is 0 Å². The number of rotatable bonds is 6. The van der Waals surface area contributed by atoms with E-state index in [1.54, 1.807) is 21.9 Å². The Hall–Kier alpha value is -0.369. The van der Waals surface area contributed by atoms with Crippen molar-refractivity contribution < 1.29 is 16.6 Å². The molecule has 0 fully saturated rings. The van der Waals surface area contributed by atoms with Crippen LogP contribution in [0.5, 0.6) is 0 Å². The maximum atomic E-state index is 2.68. The molecule has 0 aromatic heterocycles. The minimum absolute atomic E-state index is 0.288. The van der Waals surface area contributed by atoms with Crippen LogP contribution in [-0.2, 0) is 16.6 Å². The van der Waals surface area contributed by atoms with E-state index in [0.29, 0.717) is 0 Å². The Morgan fingerprint density at radius 2 is 1.52 bits per heavy atom. The van der Waals surface area contributed by atoms with E-state index >= 15 is 0 Å². The summed E-state index contributed by atoms with van der Waals surface area (Å²) < 4.78 is 1.89. The number of hydrogen-bond donors (Lipinski definition) is 0. The van der Waals surface area contributed by atoms with Crippen molar-refractivity contribution in [3.63, 3.8) is 0 Å². The third kappa shape index (κ3) is 3.33. The quantitative estimate of drug-likeness (QED) is 0.442. The molecule has 1 aliphatic rings. The SMILES string of the molecule is CCCC[Si](C)(c1ccccc1)C1(C)C(C)=C(C)C(C)=[C]1[Ti]([CH3])([CH3])[CH3]. The first-order chi connectivity index (χ1) is 11.5. The number of hydrogen-bond acceptors (Lipinski definition) is 0. The number of benzene rings is 1. The minimum atomic E-state index is -1.98. The number of unbranched alkanes of at least 4 members (excludes halogenated alkanes) is 1. The molecule has 0 spiro atoms. The van der Waals surface area contributed by atoms with Gasteiger partial charge in [-0.15, -0.1) is 0 Å². The summed E-state index contributed by atoms with van der Waals surface area (Å²) in [5.74, 6) is 0. The van der Waals surface area contributed by atoms with Crippen molar-refractivity contribution in [1.82, 2.24) is 0 Å². The fourth-order valence-corrected chi connectivity index (χ4v) is 18.1. The van der Waals surface area contributed by atoms with Crippen molar-refractivity contribution in [3.05, 3.63) is 50.9 Å². The molecule has 2 unspecified atom stereocenters. The summed E-state index contributed by atoms with van der Waals surface area (Å²) in [5.41, 5.74) is 4.90. The van der Waals surface area contributed by atoms with Crippen molar-refractivity contribution in [3.8, 4) is 0 Å². The van der Waals surface area contributed by atoms with Crippen LogP contribution in [0.2, 0.25) is 33.3 Å². The summed E-state index contributed by atoms with van der Waals surface area (Å²) in [6.07, 6.45) is 2.64. The zero-order chi connectivity index (χ0) is 19.0. The van der Waals surface area contributed by atoms with E-state index in [9.17, 15) is 0 Å². The van der Waals surface area contributed by atoms with Crippen molar-refractivity contribution in [1.29, 1.82) is 0 Å². The van der Waals surface area contributed by atoms with Gasteiger partial charge < -0.3 is 0 Å². The zero-order valence-corrected chi connectivity index (χ0v) is 20.6. The predicted molar refractivity (Wildman–Crippen MR) is 114 cm³/mol. The van der Waals surface area contributed by atoms with Crippen LogP contribution in [0.25, 0.3) is 0 Å². The second-order valence-corrected chi connectivity index (χ2v) is 22.0. The fraction of sp³-hybridized carbons (Fsp3) is 0.565. The van der Waals surface area contributed by atoms with Gasteiger partial charge >= 0.3 is 162 Å². The first kappa shape index (κ1) is 20.9. The topological polar surface area (TPSA) is 0 Å². The number of allylic oxidation sites excluding steroid dienone is 4. The summed E-state index contributed by atoms with van der Waals surface area (Å²) in [6.45, 7) is 14.9. The van der Waals surface area contributed by atoms with E-state index in [0.717, 1.165) is 0 Å². The van der Waals surface area contributed by atoms with Crippen molar-refractivity contribution >= 4 is 13.3 Å². The summed E-state index contributed by atoms with van der Waals surface area (Å²) in [5, 5.41) is 9.74. The molecular weight excluding hydrogens is 352 g/mol. The van der Waals surface area contributed by atoms with Gasteiger partial charge in [0, 0.05) is 0 Å². The van der Waals surface area contributed by atoms with Gasteiger partial charge in [-0.1, -0.05) is 0 Å².